The second-order valence-electron chi connectivity index (χ2n) is 1.96. The highest BCUT2D eigenvalue weighted by Crippen LogP contribution is 1.98. The van der Waals surface area contributed by atoms with Crippen molar-refractivity contribution in [1.29, 1.82) is 0 Å². The summed E-state index contributed by atoms with van der Waals surface area (Å²) in [5.41, 5.74) is 0.465. The van der Waals surface area contributed by atoms with Crippen LogP contribution in [0.5, 0.6) is 0 Å². The van der Waals surface area contributed by atoms with Crippen molar-refractivity contribution >= 4 is 5.97 Å². The standard InChI is InChI=1S/C8H9NO2/c1-2-11-8(10)7-5-3-4-6-9-7/h2-5,9H,1,6H2. The van der Waals surface area contributed by atoms with Crippen LogP contribution in [0.15, 0.2) is 36.8 Å². The minimum atomic E-state index is -0.399. The molecule has 0 spiro atoms. The van der Waals surface area contributed by atoms with Crippen molar-refractivity contribution in [2.45, 2.75) is 0 Å². The summed E-state index contributed by atoms with van der Waals surface area (Å²) in [6.45, 7) is 3.94. The minimum absolute atomic E-state index is 0.399. The van der Waals surface area contributed by atoms with Gasteiger partial charge in [-0.25, -0.2) is 4.79 Å². The Morgan fingerprint density at radius 3 is 3.18 bits per heavy atom. The molecular weight excluding hydrogens is 142 g/mol. The van der Waals surface area contributed by atoms with Crippen LogP contribution in [0.2, 0.25) is 0 Å². The third kappa shape index (κ3) is 1.97. The van der Waals surface area contributed by atoms with Gasteiger partial charge in [0.15, 0.2) is 0 Å². The molecule has 1 heterocycles. The van der Waals surface area contributed by atoms with E-state index in [9.17, 15) is 4.79 Å². The van der Waals surface area contributed by atoms with E-state index in [2.05, 4.69) is 16.6 Å². The molecule has 0 fully saturated rings. The van der Waals surface area contributed by atoms with E-state index in [4.69, 9.17) is 0 Å². The molecule has 0 aromatic heterocycles. The lowest BCUT2D eigenvalue weighted by molar-refractivity contribution is -0.134. The van der Waals surface area contributed by atoms with Crippen LogP contribution in [0, 0.1) is 0 Å². The first-order valence-electron chi connectivity index (χ1n) is 3.27. The van der Waals surface area contributed by atoms with Crippen LogP contribution in [-0.2, 0) is 9.53 Å². The summed E-state index contributed by atoms with van der Waals surface area (Å²) in [7, 11) is 0. The first-order chi connectivity index (χ1) is 5.34. The van der Waals surface area contributed by atoms with Gasteiger partial charge in [0.2, 0.25) is 0 Å². The summed E-state index contributed by atoms with van der Waals surface area (Å²) in [6.07, 6.45) is 6.49. The Balaban J connectivity index is 2.58. The molecule has 11 heavy (non-hydrogen) atoms. The molecular formula is C8H9NO2. The van der Waals surface area contributed by atoms with Gasteiger partial charge in [0.1, 0.15) is 5.70 Å². The quantitative estimate of drug-likeness (QED) is 0.466. The molecule has 3 nitrogen and oxygen atoms in total. The van der Waals surface area contributed by atoms with Gasteiger partial charge in [-0.2, -0.15) is 0 Å². The third-order valence-corrected chi connectivity index (χ3v) is 1.22. The first kappa shape index (κ1) is 7.60. The van der Waals surface area contributed by atoms with Crippen molar-refractivity contribution in [2.75, 3.05) is 6.54 Å². The summed E-state index contributed by atoms with van der Waals surface area (Å²) >= 11 is 0. The fourth-order valence-corrected chi connectivity index (χ4v) is 0.739. The van der Waals surface area contributed by atoms with Crippen LogP contribution in [-0.4, -0.2) is 12.5 Å². The molecule has 0 aromatic carbocycles. The smallest absolute Gasteiger partial charge is 0.359 e. The Morgan fingerprint density at radius 2 is 2.64 bits per heavy atom. The molecule has 1 rings (SSSR count). The maximum atomic E-state index is 10.9. The Bertz CT molecular complexity index is 228. The van der Waals surface area contributed by atoms with E-state index >= 15 is 0 Å². The Hall–Kier alpha value is -1.51. The number of carbonyl (C=O) groups is 1. The topological polar surface area (TPSA) is 38.3 Å². The predicted octanol–water partition coefficient (Wildman–Crippen LogP) is 0.716. The maximum Gasteiger partial charge on any atom is 0.359 e. The lowest BCUT2D eigenvalue weighted by Gasteiger charge is -2.08. The van der Waals surface area contributed by atoms with Crippen LogP contribution in [0.3, 0.4) is 0 Å². The summed E-state index contributed by atoms with van der Waals surface area (Å²) in [4.78, 5) is 10.9. The van der Waals surface area contributed by atoms with Crippen LogP contribution >= 0.6 is 0 Å². The predicted molar refractivity (Wildman–Crippen MR) is 41.5 cm³/mol. The number of carbonyl (C=O) groups excluding carboxylic acids is 1. The number of nitrogens with one attached hydrogen (secondary N) is 1. The van der Waals surface area contributed by atoms with Crippen molar-refractivity contribution in [3.8, 4) is 0 Å². The van der Waals surface area contributed by atoms with Crippen LogP contribution in [0.4, 0.5) is 0 Å². The highest BCUT2D eigenvalue weighted by molar-refractivity contribution is 5.88. The van der Waals surface area contributed by atoms with Crippen LogP contribution in [0.1, 0.15) is 0 Å². The van der Waals surface area contributed by atoms with Crippen molar-refractivity contribution in [3.05, 3.63) is 36.8 Å². The molecule has 1 aliphatic heterocycles. The average Bonchev–Trinajstić information content (AvgIpc) is 2.07. The molecule has 0 amide bonds. The maximum absolute atomic E-state index is 10.9. The second-order valence-corrected chi connectivity index (χ2v) is 1.96. The molecule has 0 saturated carbocycles. The van der Waals surface area contributed by atoms with Gasteiger partial charge in [0, 0.05) is 6.54 Å². The minimum Gasteiger partial charge on any atom is -0.430 e. The highest BCUT2D eigenvalue weighted by Gasteiger charge is 2.08. The van der Waals surface area contributed by atoms with E-state index in [0.717, 1.165) is 6.26 Å². The summed E-state index contributed by atoms with van der Waals surface area (Å²) in [5, 5.41) is 2.86. The Kier molecular flexibility index (Phi) is 2.49. The van der Waals surface area contributed by atoms with Crippen molar-refractivity contribution < 1.29 is 9.53 Å². The molecule has 0 saturated heterocycles. The van der Waals surface area contributed by atoms with E-state index in [1.165, 1.54) is 0 Å². The first-order valence-corrected chi connectivity index (χ1v) is 3.27. The van der Waals surface area contributed by atoms with E-state index in [-0.39, 0.29) is 0 Å². The number of esters is 1. The van der Waals surface area contributed by atoms with Gasteiger partial charge in [-0.1, -0.05) is 18.7 Å². The second kappa shape index (κ2) is 3.61. The molecule has 0 atom stereocenters. The third-order valence-electron chi connectivity index (χ3n) is 1.22. The lowest BCUT2D eigenvalue weighted by Crippen LogP contribution is -2.22. The summed E-state index contributed by atoms with van der Waals surface area (Å²) in [5.74, 6) is -0.399. The van der Waals surface area contributed by atoms with E-state index in [1.54, 1.807) is 12.2 Å². The molecule has 0 aliphatic carbocycles. The van der Waals surface area contributed by atoms with E-state index in [0.29, 0.717) is 12.2 Å². The molecule has 0 unspecified atom stereocenters. The molecule has 1 aliphatic rings. The van der Waals surface area contributed by atoms with Crippen molar-refractivity contribution in [3.63, 3.8) is 0 Å². The van der Waals surface area contributed by atoms with Crippen molar-refractivity contribution in [1.82, 2.24) is 5.32 Å². The summed E-state index contributed by atoms with van der Waals surface area (Å²) < 4.78 is 4.54. The number of hydrogen-bond donors (Lipinski definition) is 1. The van der Waals surface area contributed by atoms with Crippen molar-refractivity contribution in [2.24, 2.45) is 0 Å². The molecule has 0 aromatic rings. The molecule has 0 radical (unpaired) electrons. The SMILES string of the molecule is C=COC(=O)C1=CC=CCN1. The average molecular weight is 151 g/mol. The summed E-state index contributed by atoms with van der Waals surface area (Å²) in [6, 6.07) is 0. The molecule has 3 heteroatoms. The monoisotopic (exact) mass is 151 g/mol. The van der Waals surface area contributed by atoms with Gasteiger partial charge in [0.25, 0.3) is 0 Å². The van der Waals surface area contributed by atoms with Gasteiger partial charge < -0.3 is 10.1 Å². The number of allylic oxidation sites excluding steroid dienone is 2. The van der Waals surface area contributed by atoms with E-state index < -0.39 is 5.97 Å². The number of hydrogen-bond acceptors (Lipinski definition) is 3. The number of rotatable bonds is 2. The molecule has 1 N–H and O–H groups in total. The van der Waals surface area contributed by atoms with Crippen LogP contribution in [0.25, 0.3) is 0 Å². The van der Waals surface area contributed by atoms with Crippen LogP contribution < -0.4 is 5.32 Å². The Labute approximate surface area is 65.0 Å². The fourth-order valence-electron chi connectivity index (χ4n) is 0.739. The zero-order chi connectivity index (χ0) is 8.10. The van der Waals surface area contributed by atoms with Gasteiger partial charge in [0.05, 0.1) is 6.26 Å². The fraction of sp³-hybridized carbons (Fsp3) is 0.125. The molecule has 0 bridgehead atoms. The normalized spacial score (nSPS) is 14.7. The lowest BCUT2D eigenvalue weighted by atomic mass is 10.3. The zero-order valence-corrected chi connectivity index (χ0v) is 6.04. The largest absolute Gasteiger partial charge is 0.430 e. The number of ether oxygens (including phenoxy) is 1. The number of dihydropyridines is 1. The van der Waals surface area contributed by atoms with E-state index in [1.807, 2.05) is 6.08 Å². The molecule has 58 valence electrons. The van der Waals surface area contributed by atoms with Gasteiger partial charge in [-0.05, 0) is 6.08 Å². The van der Waals surface area contributed by atoms with Gasteiger partial charge in [-0.3, -0.25) is 0 Å². The zero-order valence-electron chi connectivity index (χ0n) is 6.04. The van der Waals surface area contributed by atoms with Gasteiger partial charge in [-0.15, -0.1) is 0 Å². The van der Waals surface area contributed by atoms with Gasteiger partial charge >= 0.3 is 5.97 Å². The highest BCUT2D eigenvalue weighted by atomic mass is 16.5. The Morgan fingerprint density at radius 1 is 1.82 bits per heavy atom.